The predicted octanol–water partition coefficient (Wildman–Crippen LogP) is 2.33. The van der Waals surface area contributed by atoms with Crippen molar-refractivity contribution in [2.24, 2.45) is 0 Å². The molecule has 0 aliphatic heterocycles. The highest BCUT2D eigenvalue weighted by Gasteiger charge is 2.09. The molecule has 0 aromatic heterocycles. The Bertz CT molecular complexity index is 330. The largest absolute Gasteiger partial charge is 0.331 e. The lowest BCUT2D eigenvalue weighted by Crippen LogP contribution is -2.36. The van der Waals surface area contributed by atoms with Crippen LogP contribution < -0.4 is 5.32 Å². The van der Waals surface area contributed by atoms with Gasteiger partial charge in [-0.3, -0.25) is 0 Å². The average Bonchev–Trinajstić information content (AvgIpc) is 2.18. The zero-order valence-corrected chi connectivity index (χ0v) is 9.74. The van der Waals surface area contributed by atoms with Crippen molar-refractivity contribution in [2.75, 3.05) is 14.1 Å². The van der Waals surface area contributed by atoms with Crippen LogP contribution in [0.5, 0.6) is 0 Å². The number of urea groups is 1. The van der Waals surface area contributed by atoms with Crippen LogP contribution in [0.1, 0.15) is 24.1 Å². The van der Waals surface area contributed by atoms with Crippen LogP contribution in [0, 0.1) is 6.92 Å². The lowest BCUT2D eigenvalue weighted by atomic mass is 10.1. The van der Waals surface area contributed by atoms with E-state index in [-0.39, 0.29) is 12.1 Å². The third kappa shape index (κ3) is 3.27. The highest BCUT2D eigenvalue weighted by Crippen LogP contribution is 2.12. The number of aryl methyl sites for hydroxylation is 1. The van der Waals surface area contributed by atoms with E-state index >= 15 is 0 Å². The summed E-state index contributed by atoms with van der Waals surface area (Å²) >= 11 is 0. The van der Waals surface area contributed by atoms with Crippen LogP contribution in [0.3, 0.4) is 0 Å². The van der Waals surface area contributed by atoms with Crippen LogP contribution in [-0.4, -0.2) is 25.0 Å². The van der Waals surface area contributed by atoms with Gasteiger partial charge in [-0.2, -0.15) is 0 Å². The fraction of sp³-hybridized carbons (Fsp3) is 0.417. The van der Waals surface area contributed by atoms with Gasteiger partial charge in [-0.15, -0.1) is 0 Å². The van der Waals surface area contributed by atoms with Gasteiger partial charge in [-0.05, 0) is 19.4 Å². The molecule has 2 amide bonds. The molecular weight excluding hydrogens is 188 g/mol. The standard InChI is InChI=1S/C12H18N2O/c1-9-5-7-11(8-6-9)10(2)13-12(15)14(3)4/h5-8,10H,1-4H3,(H,13,15). The fourth-order valence-corrected chi connectivity index (χ4v) is 1.25. The number of hydrogen-bond donors (Lipinski definition) is 1. The number of rotatable bonds is 2. The molecular formula is C12H18N2O. The predicted molar refractivity (Wildman–Crippen MR) is 61.8 cm³/mol. The molecule has 3 nitrogen and oxygen atoms in total. The van der Waals surface area contributed by atoms with Crippen molar-refractivity contribution in [3.8, 4) is 0 Å². The van der Waals surface area contributed by atoms with E-state index < -0.39 is 0 Å². The number of amides is 2. The van der Waals surface area contributed by atoms with Gasteiger partial charge in [-0.25, -0.2) is 4.79 Å². The zero-order valence-electron chi connectivity index (χ0n) is 9.74. The quantitative estimate of drug-likeness (QED) is 0.791. The Morgan fingerprint density at radius 1 is 1.27 bits per heavy atom. The minimum atomic E-state index is -0.0666. The Balaban J connectivity index is 2.65. The van der Waals surface area contributed by atoms with Crippen LogP contribution in [0.25, 0.3) is 0 Å². The molecule has 0 heterocycles. The first-order valence-electron chi connectivity index (χ1n) is 5.05. The second kappa shape index (κ2) is 4.82. The second-order valence-corrected chi connectivity index (χ2v) is 3.98. The Morgan fingerprint density at radius 2 is 1.80 bits per heavy atom. The van der Waals surface area contributed by atoms with Gasteiger partial charge in [0, 0.05) is 14.1 Å². The number of nitrogens with zero attached hydrogens (tertiary/aromatic N) is 1. The van der Waals surface area contributed by atoms with E-state index in [2.05, 4.69) is 5.32 Å². The van der Waals surface area contributed by atoms with Crippen LogP contribution >= 0.6 is 0 Å². The van der Waals surface area contributed by atoms with Crippen molar-refractivity contribution in [3.05, 3.63) is 35.4 Å². The molecule has 0 radical (unpaired) electrons. The van der Waals surface area contributed by atoms with Crippen molar-refractivity contribution in [1.29, 1.82) is 0 Å². The second-order valence-electron chi connectivity index (χ2n) is 3.98. The van der Waals surface area contributed by atoms with Gasteiger partial charge >= 0.3 is 6.03 Å². The summed E-state index contributed by atoms with van der Waals surface area (Å²) in [4.78, 5) is 12.9. The summed E-state index contributed by atoms with van der Waals surface area (Å²) in [6.07, 6.45) is 0. The average molecular weight is 206 g/mol. The first-order valence-corrected chi connectivity index (χ1v) is 5.05. The SMILES string of the molecule is Cc1ccc(C(C)NC(=O)N(C)C)cc1. The molecule has 82 valence electrons. The molecule has 0 aliphatic carbocycles. The molecule has 3 heteroatoms. The maximum atomic E-state index is 11.4. The van der Waals surface area contributed by atoms with Gasteiger partial charge in [-0.1, -0.05) is 29.8 Å². The van der Waals surface area contributed by atoms with Crippen molar-refractivity contribution < 1.29 is 4.79 Å². The van der Waals surface area contributed by atoms with E-state index in [0.29, 0.717) is 0 Å². The van der Waals surface area contributed by atoms with Crippen LogP contribution in [0.4, 0.5) is 4.79 Å². The molecule has 0 bridgehead atoms. The minimum Gasteiger partial charge on any atom is -0.331 e. The van der Waals surface area contributed by atoms with Gasteiger partial charge in [0.1, 0.15) is 0 Å². The third-order valence-electron chi connectivity index (χ3n) is 2.32. The summed E-state index contributed by atoms with van der Waals surface area (Å²) in [6.45, 7) is 4.03. The molecule has 1 rings (SSSR count). The number of nitrogens with one attached hydrogen (secondary N) is 1. The summed E-state index contributed by atoms with van der Waals surface area (Å²) in [7, 11) is 3.47. The Hall–Kier alpha value is -1.51. The number of carbonyl (C=O) groups is 1. The van der Waals surface area contributed by atoms with Gasteiger partial charge in [0.05, 0.1) is 6.04 Å². The molecule has 0 spiro atoms. The highest BCUT2D eigenvalue weighted by molar-refractivity contribution is 5.74. The zero-order chi connectivity index (χ0) is 11.4. The normalized spacial score (nSPS) is 12.0. The first-order chi connectivity index (χ1) is 7.00. The number of carbonyl (C=O) groups excluding carboxylic acids is 1. The molecule has 0 saturated carbocycles. The Morgan fingerprint density at radius 3 is 2.27 bits per heavy atom. The number of benzene rings is 1. The molecule has 1 aromatic carbocycles. The van der Waals surface area contributed by atoms with Crippen molar-refractivity contribution >= 4 is 6.03 Å². The van der Waals surface area contributed by atoms with E-state index in [4.69, 9.17) is 0 Å². The van der Waals surface area contributed by atoms with E-state index in [1.54, 1.807) is 14.1 Å². The molecule has 1 aromatic rings. The first kappa shape index (κ1) is 11.6. The smallest absolute Gasteiger partial charge is 0.317 e. The summed E-state index contributed by atoms with van der Waals surface area (Å²) in [5.74, 6) is 0. The lowest BCUT2D eigenvalue weighted by molar-refractivity contribution is 0.214. The van der Waals surface area contributed by atoms with Crippen molar-refractivity contribution in [2.45, 2.75) is 19.9 Å². The molecule has 1 N–H and O–H groups in total. The van der Waals surface area contributed by atoms with Crippen LogP contribution in [0.15, 0.2) is 24.3 Å². The minimum absolute atomic E-state index is 0.0421. The monoisotopic (exact) mass is 206 g/mol. The molecule has 0 aliphatic rings. The summed E-state index contributed by atoms with van der Waals surface area (Å²) in [5, 5.41) is 2.90. The highest BCUT2D eigenvalue weighted by atomic mass is 16.2. The fourth-order valence-electron chi connectivity index (χ4n) is 1.25. The van der Waals surface area contributed by atoms with E-state index in [1.165, 1.54) is 10.5 Å². The van der Waals surface area contributed by atoms with E-state index in [9.17, 15) is 4.79 Å². The van der Waals surface area contributed by atoms with Crippen molar-refractivity contribution in [1.82, 2.24) is 10.2 Å². The molecule has 0 fully saturated rings. The molecule has 15 heavy (non-hydrogen) atoms. The Kier molecular flexibility index (Phi) is 3.72. The summed E-state index contributed by atoms with van der Waals surface area (Å²) in [6, 6.07) is 8.15. The van der Waals surface area contributed by atoms with E-state index in [0.717, 1.165) is 5.56 Å². The molecule has 1 unspecified atom stereocenters. The van der Waals surface area contributed by atoms with Crippen molar-refractivity contribution in [3.63, 3.8) is 0 Å². The summed E-state index contributed by atoms with van der Waals surface area (Å²) < 4.78 is 0. The van der Waals surface area contributed by atoms with Crippen LogP contribution in [-0.2, 0) is 0 Å². The third-order valence-corrected chi connectivity index (χ3v) is 2.32. The van der Waals surface area contributed by atoms with Gasteiger partial charge in [0.15, 0.2) is 0 Å². The van der Waals surface area contributed by atoms with Gasteiger partial charge < -0.3 is 10.2 Å². The number of hydrogen-bond acceptors (Lipinski definition) is 1. The summed E-state index contributed by atoms with van der Waals surface area (Å²) in [5.41, 5.74) is 2.35. The Labute approximate surface area is 91.1 Å². The lowest BCUT2D eigenvalue weighted by Gasteiger charge is -2.18. The van der Waals surface area contributed by atoms with Gasteiger partial charge in [0.25, 0.3) is 0 Å². The van der Waals surface area contributed by atoms with Crippen LogP contribution in [0.2, 0.25) is 0 Å². The van der Waals surface area contributed by atoms with E-state index in [1.807, 2.05) is 38.1 Å². The van der Waals surface area contributed by atoms with Gasteiger partial charge in [0.2, 0.25) is 0 Å². The maximum Gasteiger partial charge on any atom is 0.317 e. The molecule has 1 atom stereocenters. The maximum absolute atomic E-state index is 11.4. The topological polar surface area (TPSA) is 32.3 Å². The molecule has 0 saturated heterocycles.